The molecule has 0 aliphatic carbocycles. The number of sulfone groups is 1. The van der Waals surface area contributed by atoms with Crippen LogP contribution in [0.4, 0.5) is 5.82 Å². The van der Waals surface area contributed by atoms with Crippen LogP contribution in [0.1, 0.15) is 19.4 Å². The lowest BCUT2D eigenvalue weighted by Gasteiger charge is -2.35. The third kappa shape index (κ3) is 4.64. The van der Waals surface area contributed by atoms with Crippen molar-refractivity contribution in [1.29, 1.82) is 0 Å². The van der Waals surface area contributed by atoms with Crippen LogP contribution >= 0.6 is 0 Å². The van der Waals surface area contributed by atoms with Crippen molar-refractivity contribution < 1.29 is 13.2 Å². The van der Waals surface area contributed by atoms with Crippen molar-refractivity contribution in [3.8, 4) is 5.82 Å². The molecule has 1 aliphatic rings. The molecule has 0 N–H and O–H groups in total. The maximum absolute atomic E-state index is 12.8. The van der Waals surface area contributed by atoms with E-state index in [-0.39, 0.29) is 17.2 Å². The summed E-state index contributed by atoms with van der Waals surface area (Å²) >= 11 is 0. The zero-order valence-corrected chi connectivity index (χ0v) is 18.9. The maximum atomic E-state index is 12.8. The predicted octanol–water partition coefficient (Wildman–Crippen LogP) is 1.74. The molecule has 9 nitrogen and oxygen atoms in total. The Hall–Kier alpha value is -3.27. The fraction of sp³-hybridized carbons (Fsp3) is 0.364. The molecule has 0 unspecified atom stereocenters. The number of carbonyl (C=O) groups is 1. The summed E-state index contributed by atoms with van der Waals surface area (Å²) < 4.78 is 26.3. The maximum Gasteiger partial charge on any atom is 0.227 e. The Morgan fingerprint density at radius 1 is 1.03 bits per heavy atom. The van der Waals surface area contributed by atoms with Gasteiger partial charge in [-0.2, -0.15) is 0 Å². The Balaban J connectivity index is 1.35. The lowest BCUT2D eigenvalue weighted by molar-refractivity contribution is -0.130. The minimum Gasteiger partial charge on any atom is -0.353 e. The highest BCUT2D eigenvalue weighted by atomic mass is 32.2. The molecule has 0 atom stereocenters. The lowest BCUT2D eigenvalue weighted by atomic mass is 10.1. The number of carbonyl (C=O) groups excluding carboxylic acids is 1. The van der Waals surface area contributed by atoms with Crippen molar-refractivity contribution >= 4 is 21.6 Å². The molecular weight excluding hydrogens is 428 g/mol. The summed E-state index contributed by atoms with van der Waals surface area (Å²) in [5.41, 5.74) is 0.806. The second-order valence-electron chi connectivity index (χ2n) is 7.99. The number of hydrogen-bond donors (Lipinski definition) is 0. The monoisotopic (exact) mass is 454 g/mol. The Labute approximate surface area is 187 Å². The van der Waals surface area contributed by atoms with Gasteiger partial charge >= 0.3 is 0 Å². The van der Waals surface area contributed by atoms with Crippen molar-refractivity contribution in [3.05, 3.63) is 60.9 Å². The minimum absolute atomic E-state index is 0.0332. The van der Waals surface area contributed by atoms with Gasteiger partial charge in [0.25, 0.3) is 0 Å². The van der Waals surface area contributed by atoms with Crippen LogP contribution in [0.25, 0.3) is 5.82 Å². The standard InChI is InChI=1S/C22H26N6O3S/c1-17(2)32(30,31)19-5-3-18(4-6-19)13-22(29)27-11-9-26(10-12-27)20-14-21(25-15-24-20)28-8-7-23-16-28/h3-8,14-17H,9-13H2,1-2H3. The molecule has 1 fully saturated rings. The molecule has 168 valence electrons. The summed E-state index contributed by atoms with van der Waals surface area (Å²) in [5.74, 6) is 1.59. The minimum atomic E-state index is -3.31. The fourth-order valence-electron chi connectivity index (χ4n) is 3.59. The molecule has 4 rings (SSSR count). The molecule has 1 aliphatic heterocycles. The fourth-order valence-corrected chi connectivity index (χ4v) is 4.65. The van der Waals surface area contributed by atoms with Crippen LogP contribution in [-0.2, 0) is 21.1 Å². The summed E-state index contributed by atoms with van der Waals surface area (Å²) in [6.45, 7) is 5.88. The molecule has 0 saturated carbocycles. The van der Waals surface area contributed by atoms with Gasteiger partial charge in [0, 0.05) is 44.6 Å². The van der Waals surface area contributed by atoms with E-state index in [0.717, 1.165) is 17.2 Å². The van der Waals surface area contributed by atoms with Gasteiger partial charge in [-0.3, -0.25) is 9.36 Å². The summed E-state index contributed by atoms with van der Waals surface area (Å²) in [6, 6.07) is 8.53. The number of imidazole rings is 1. The quantitative estimate of drug-likeness (QED) is 0.559. The van der Waals surface area contributed by atoms with E-state index >= 15 is 0 Å². The van der Waals surface area contributed by atoms with Crippen LogP contribution in [0.5, 0.6) is 0 Å². The number of benzene rings is 1. The number of hydrogen-bond acceptors (Lipinski definition) is 7. The first-order valence-electron chi connectivity index (χ1n) is 10.5. The summed E-state index contributed by atoms with van der Waals surface area (Å²) in [6.07, 6.45) is 7.00. The summed E-state index contributed by atoms with van der Waals surface area (Å²) in [4.78, 5) is 29.7. The highest BCUT2D eigenvalue weighted by Gasteiger charge is 2.23. The van der Waals surface area contributed by atoms with Gasteiger partial charge in [-0.05, 0) is 31.5 Å². The molecule has 0 radical (unpaired) electrons. The zero-order chi connectivity index (χ0) is 22.7. The molecule has 3 heterocycles. The number of nitrogens with zero attached hydrogens (tertiary/aromatic N) is 6. The first-order chi connectivity index (χ1) is 15.3. The third-order valence-corrected chi connectivity index (χ3v) is 7.76. The number of anilines is 1. The molecule has 1 amide bonds. The van der Waals surface area contributed by atoms with E-state index in [1.165, 1.54) is 6.33 Å². The van der Waals surface area contributed by atoms with E-state index in [4.69, 9.17) is 0 Å². The van der Waals surface area contributed by atoms with Crippen LogP contribution in [0.3, 0.4) is 0 Å². The SMILES string of the molecule is CC(C)S(=O)(=O)c1ccc(CC(=O)N2CCN(c3cc(-n4ccnc4)ncn3)CC2)cc1. The molecule has 3 aromatic rings. The Morgan fingerprint density at radius 2 is 1.72 bits per heavy atom. The predicted molar refractivity (Wildman–Crippen MR) is 120 cm³/mol. The van der Waals surface area contributed by atoms with Gasteiger partial charge in [0.05, 0.1) is 16.6 Å². The van der Waals surface area contributed by atoms with Crippen LogP contribution < -0.4 is 4.90 Å². The second kappa shape index (κ2) is 9.07. The molecular formula is C22H26N6O3S. The normalized spacial score (nSPS) is 14.7. The Kier molecular flexibility index (Phi) is 6.22. The smallest absolute Gasteiger partial charge is 0.227 e. The van der Waals surface area contributed by atoms with Crippen LogP contribution in [0.15, 0.2) is 60.3 Å². The van der Waals surface area contributed by atoms with Crippen LogP contribution in [0, 0.1) is 0 Å². The van der Waals surface area contributed by atoms with E-state index in [1.807, 2.05) is 21.7 Å². The first-order valence-corrected chi connectivity index (χ1v) is 12.0. The van der Waals surface area contributed by atoms with Crippen molar-refractivity contribution in [1.82, 2.24) is 24.4 Å². The molecule has 1 aromatic carbocycles. The second-order valence-corrected chi connectivity index (χ2v) is 10.5. The van der Waals surface area contributed by atoms with Gasteiger partial charge in [0.2, 0.25) is 5.91 Å². The van der Waals surface area contributed by atoms with Crippen molar-refractivity contribution in [3.63, 3.8) is 0 Å². The number of piperazine rings is 1. The number of aromatic nitrogens is 4. The average molecular weight is 455 g/mol. The van der Waals surface area contributed by atoms with E-state index in [0.29, 0.717) is 26.2 Å². The number of amides is 1. The van der Waals surface area contributed by atoms with Gasteiger partial charge in [0.1, 0.15) is 24.3 Å². The summed E-state index contributed by atoms with van der Waals surface area (Å²) in [5, 5.41) is -0.475. The summed E-state index contributed by atoms with van der Waals surface area (Å²) in [7, 11) is -3.31. The molecule has 0 bridgehead atoms. The van der Waals surface area contributed by atoms with Gasteiger partial charge in [0.15, 0.2) is 9.84 Å². The third-order valence-electron chi connectivity index (χ3n) is 5.59. The van der Waals surface area contributed by atoms with E-state index < -0.39 is 15.1 Å². The first kappa shape index (κ1) is 21.9. The topological polar surface area (TPSA) is 101 Å². The largest absolute Gasteiger partial charge is 0.353 e. The number of rotatable bonds is 6. The van der Waals surface area contributed by atoms with Crippen molar-refractivity contribution in [2.75, 3.05) is 31.1 Å². The average Bonchev–Trinajstić information content (AvgIpc) is 3.35. The van der Waals surface area contributed by atoms with Gasteiger partial charge in [-0.25, -0.2) is 23.4 Å². The van der Waals surface area contributed by atoms with Crippen LogP contribution in [0.2, 0.25) is 0 Å². The van der Waals surface area contributed by atoms with Crippen molar-refractivity contribution in [2.24, 2.45) is 0 Å². The van der Waals surface area contributed by atoms with Crippen LogP contribution in [-0.4, -0.2) is 70.2 Å². The lowest BCUT2D eigenvalue weighted by Crippen LogP contribution is -2.49. The molecule has 0 spiro atoms. The Bertz CT molecular complexity index is 1170. The van der Waals surface area contributed by atoms with E-state index in [9.17, 15) is 13.2 Å². The van der Waals surface area contributed by atoms with E-state index in [2.05, 4.69) is 19.9 Å². The highest BCUT2D eigenvalue weighted by molar-refractivity contribution is 7.92. The molecule has 32 heavy (non-hydrogen) atoms. The van der Waals surface area contributed by atoms with Crippen molar-refractivity contribution in [2.45, 2.75) is 30.4 Å². The van der Waals surface area contributed by atoms with Gasteiger partial charge in [-0.1, -0.05) is 12.1 Å². The van der Waals surface area contributed by atoms with Gasteiger partial charge < -0.3 is 9.80 Å². The molecule has 2 aromatic heterocycles. The van der Waals surface area contributed by atoms with E-state index in [1.54, 1.807) is 50.6 Å². The van der Waals surface area contributed by atoms with Gasteiger partial charge in [-0.15, -0.1) is 0 Å². The highest BCUT2D eigenvalue weighted by Crippen LogP contribution is 2.19. The molecule has 1 saturated heterocycles. The molecule has 10 heteroatoms. The zero-order valence-electron chi connectivity index (χ0n) is 18.1. The Morgan fingerprint density at radius 3 is 2.34 bits per heavy atom.